The SMILES string of the molecule is CCCCCNC(=O)CN(CC(=O)N(C)N1Cc2ccccc2C1)c1ccc(-c2ncc(C(=O)OCC)[nH]2)cc1C. The minimum atomic E-state index is -0.459. The standard InChI is InChI=1S/C31H40N6O4/c1-5-7-10-15-32-28(38)20-36(21-29(39)35(4)37-18-24-11-8-9-12-25(24)19-37)27-14-13-23(16-22(27)3)30-33-17-26(34-30)31(40)41-6-2/h8-9,11-14,16-17H,5-7,10,15,18-21H2,1-4H3,(H,32,38)(H,33,34). The van der Waals surface area contributed by atoms with Gasteiger partial charge in [-0.3, -0.25) is 14.6 Å². The van der Waals surface area contributed by atoms with Gasteiger partial charge in [0.25, 0.3) is 5.91 Å². The molecule has 0 aliphatic carbocycles. The fraction of sp³-hybridized carbons (Fsp3) is 0.419. The van der Waals surface area contributed by atoms with E-state index in [1.165, 1.54) is 17.3 Å². The molecule has 10 heteroatoms. The Morgan fingerprint density at radius 3 is 2.44 bits per heavy atom. The van der Waals surface area contributed by atoms with Crippen molar-refractivity contribution in [3.8, 4) is 11.4 Å². The number of aromatic amines is 1. The van der Waals surface area contributed by atoms with E-state index in [2.05, 4.69) is 34.3 Å². The third-order valence-corrected chi connectivity index (χ3v) is 7.25. The van der Waals surface area contributed by atoms with Crippen LogP contribution in [-0.2, 0) is 27.4 Å². The van der Waals surface area contributed by atoms with Gasteiger partial charge in [-0.25, -0.2) is 14.8 Å². The van der Waals surface area contributed by atoms with Crippen molar-refractivity contribution < 1.29 is 19.1 Å². The Kier molecular flexibility index (Phi) is 10.1. The molecule has 0 atom stereocenters. The Balaban J connectivity index is 1.51. The minimum Gasteiger partial charge on any atom is -0.461 e. The fourth-order valence-electron chi connectivity index (χ4n) is 4.95. The normalized spacial score (nSPS) is 12.6. The Morgan fingerprint density at radius 1 is 1.05 bits per heavy atom. The fourth-order valence-corrected chi connectivity index (χ4v) is 4.95. The van der Waals surface area contributed by atoms with Crippen molar-refractivity contribution >= 4 is 23.5 Å². The maximum atomic E-state index is 13.5. The molecular weight excluding hydrogens is 520 g/mol. The second-order valence-electron chi connectivity index (χ2n) is 10.3. The number of H-pyrrole nitrogens is 1. The maximum absolute atomic E-state index is 13.5. The number of carbonyl (C=O) groups excluding carboxylic acids is 3. The van der Waals surface area contributed by atoms with Crippen LogP contribution in [0.25, 0.3) is 11.4 Å². The predicted octanol–water partition coefficient (Wildman–Crippen LogP) is 4.06. The summed E-state index contributed by atoms with van der Waals surface area (Å²) < 4.78 is 5.05. The molecular formula is C31H40N6O4. The van der Waals surface area contributed by atoms with Crippen molar-refractivity contribution in [1.29, 1.82) is 0 Å². The molecule has 0 bridgehead atoms. The third kappa shape index (κ3) is 7.52. The van der Waals surface area contributed by atoms with Gasteiger partial charge >= 0.3 is 5.97 Å². The molecule has 0 saturated carbocycles. The average Bonchev–Trinajstić information content (AvgIpc) is 3.63. The first-order chi connectivity index (χ1) is 19.8. The summed E-state index contributed by atoms with van der Waals surface area (Å²) in [5, 5.41) is 6.67. The van der Waals surface area contributed by atoms with E-state index in [0.717, 1.165) is 36.1 Å². The first-order valence-electron chi connectivity index (χ1n) is 14.2. The number of nitrogens with one attached hydrogen (secondary N) is 2. The molecule has 10 nitrogen and oxygen atoms in total. The Morgan fingerprint density at radius 2 is 1.78 bits per heavy atom. The van der Waals surface area contributed by atoms with Gasteiger partial charge in [-0.1, -0.05) is 44.0 Å². The molecule has 0 fully saturated rings. The van der Waals surface area contributed by atoms with Gasteiger partial charge in [0.2, 0.25) is 5.91 Å². The molecule has 2 aromatic carbocycles. The van der Waals surface area contributed by atoms with Gasteiger partial charge in [-0.05, 0) is 55.2 Å². The molecule has 1 aliphatic heterocycles. The van der Waals surface area contributed by atoms with E-state index in [9.17, 15) is 14.4 Å². The second-order valence-corrected chi connectivity index (χ2v) is 10.3. The lowest BCUT2D eigenvalue weighted by Crippen LogP contribution is -2.48. The number of likely N-dealkylation sites (N-methyl/N-ethyl adjacent to an activating group) is 1. The number of carbonyl (C=O) groups is 3. The van der Waals surface area contributed by atoms with Crippen LogP contribution in [0, 0.1) is 6.92 Å². The van der Waals surface area contributed by atoms with Crippen LogP contribution in [0.15, 0.2) is 48.7 Å². The summed E-state index contributed by atoms with van der Waals surface area (Å²) in [6.45, 7) is 8.13. The highest BCUT2D eigenvalue weighted by Crippen LogP contribution is 2.27. The molecule has 218 valence electrons. The van der Waals surface area contributed by atoms with Crippen LogP contribution in [0.4, 0.5) is 5.69 Å². The monoisotopic (exact) mass is 560 g/mol. The lowest BCUT2D eigenvalue weighted by molar-refractivity contribution is -0.145. The average molecular weight is 561 g/mol. The number of hydrogen-bond donors (Lipinski definition) is 2. The molecule has 0 spiro atoms. The van der Waals surface area contributed by atoms with Gasteiger partial charge in [0.15, 0.2) is 0 Å². The molecule has 2 N–H and O–H groups in total. The summed E-state index contributed by atoms with van der Waals surface area (Å²) in [6, 6.07) is 13.9. The maximum Gasteiger partial charge on any atom is 0.356 e. The van der Waals surface area contributed by atoms with Gasteiger partial charge in [-0.2, -0.15) is 0 Å². The molecule has 0 radical (unpaired) electrons. The summed E-state index contributed by atoms with van der Waals surface area (Å²) in [5.41, 5.74) is 5.14. The van der Waals surface area contributed by atoms with Crippen molar-refractivity contribution in [3.05, 3.63) is 71.0 Å². The predicted molar refractivity (Wildman–Crippen MR) is 158 cm³/mol. The Bertz CT molecular complexity index is 1350. The van der Waals surface area contributed by atoms with Gasteiger partial charge in [-0.15, -0.1) is 0 Å². The highest BCUT2D eigenvalue weighted by atomic mass is 16.5. The minimum absolute atomic E-state index is 0.0413. The van der Waals surface area contributed by atoms with Crippen LogP contribution in [0.2, 0.25) is 0 Å². The Hall–Kier alpha value is -4.18. The molecule has 41 heavy (non-hydrogen) atoms. The van der Waals surface area contributed by atoms with Crippen LogP contribution < -0.4 is 10.2 Å². The number of aryl methyl sites for hydroxylation is 1. The van der Waals surface area contributed by atoms with Gasteiger partial charge < -0.3 is 19.9 Å². The number of anilines is 1. The van der Waals surface area contributed by atoms with E-state index < -0.39 is 5.97 Å². The topological polar surface area (TPSA) is 111 Å². The number of amides is 2. The molecule has 1 aromatic heterocycles. The molecule has 4 rings (SSSR count). The number of fused-ring (bicyclic) bond motifs is 1. The van der Waals surface area contributed by atoms with E-state index in [1.807, 2.05) is 47.2 Å². The van der Waals surface area contributed by atoms with Gasteiger partial charge in [0, 0.05) is 37.9 Å². The van der Waals surface area contributed by atoms with Crippen LogP contribution in [-0.4, -0.2) is 71.1 Å². The molecule has 2 amide bonds. The third-order valence-electron chi connectivity index (χ3n) is 7.25. The van der Waals surface area contributed by atoms with Crippen LogP contribution in [0.5, 0.6) is 0 Å². The lowest BCUT2D eigenvalue weighted by atomic mass is 10.1. The van der Waals surface area contributed by atoms with Crippen molar-refractivity contribution in [2.24, 2.45) is 0 Å². The number of esters is 1. The van der Waals surface area contributed by atoms with E-state index >= 15 is 0 Å². The van der Waals surface area contributed by atoms with Crippen LogP contribution >= 0.6 is 0 Å². The highest BCUT2D eigenvalue weighted by Gasteiger charge is 2.27. The lowest BCUT2D eigenvalue weighted by Gasteiger charge is -2.32. The van der Waals surface area contributed by atoms with Crippen LogP contribution in [0.1, 0.15) is 60.3 Å². The molecule has 3 aromatic rings. The number of ether oxygens (including phenoxy) is 1. The van der Waals surface area contributed by atoms with E-state index in [0.29, 0.717) is 25.5 Å². The Labute approximate surface area is 241 Å². The summed E-state index contributed by atoms with van der Waals surface area (Å²) in [5.74, 6) is -0.157. The number of aromatic nitrogens is 2. The number of rotatable bonds is 13. The zero-order valence-electron chi connectivity index (χ0n) is 24.4. The second kappa shape index (κ2) is 13.9. The molecule has 0 saturated heterocycles. The number of nitrogens with zero attached hydrogens (tertiary/aromatic N) is 4. The number of hydrazine groups is 1. The van der Waals surface area contributed by atoms with Crippen molar-refractivity contribution in [3.63, 3.8) is 0 Å². The highest BCUT2D eigenvalue weighted by molar-refractivity contribution is 5.88. The smallest absolute Gasteiger partial charge is 0.356 e. The molecule has 1 aliphatic rings. The van der Waals surface area contributed by atoms with Crippen LogP contribution in [0.3, 0.4) is 0 Å². The van der Waals surface area contributed by atoms with Crippen molar-refractivity contribution in [2.75, 3.05) is 38.2 Å². The number of benzene rings is 2. The summed E-state index contributed by atoms with van der Waals surface area (Å²) in [4.78, 5) is 47.7. The number of hydrogen-bond acceptors (Lipinski definition) is 7. The summed E-state index contributed by atoms with van der Waals surface area (Å²) in [7, 11) is 1.78. The largest absolute Gasteiger partial charge is 0.461 e. The quantitative estimate of drug-likeness (QED) is 0.240. The number of imidazole rings is 1. The zero-order valence-corrected chi connectivity index (χ0v) is 24.4. The summed E-state index contributed by atoms with van der Waals surface area (Å²) >= 11 is 0. The van der Waals surface area contributed by atoms with Gasteiger partial charge in [0.1, 0.15) is 11.5 Å². The van der Waals surface area contributed by atoms with E-state index in [4.69, 9.17) is 4.74 Å². The van der Waals surface area contributed by atoms with Gasteiger partial charge in [0.05, 0.1) is 25.9 Å². The van der Waals surface area contributed by atoms with Crippen molar-refractivity contribution in [1.82, 2.24) is 25.3 Å². The molecule has 0 unspecified atom stereocenters. The molecule has 2 heterocycles. The van der Waals surface area contributed by atoms with E-state index in [-0.39, 0.29) is 37.2 Å². The summed E-state index contributed by atoms with van der Waals surface area (Å²) in [6.07, 6.45) is 4.50. The zero-order chi connectivity index (χ0) is 29.4. The first-order valence-corrected chi connectivity index (χ1v) is 14.2. The van der Waals surface area contributed by atoms with E-state index in [1.54, 1.807) is 19.0 Å². The van der Waals surface area contributed by atoms with Crippen molar-refractivity contribution in [2.45, 2.75) is 53.1 Å². The number of unbranched alkanes of at least 4 members (excludes halogenated alkanes) is 2. The first kappa shape index (κ1) is 29.8.